The molecule has 0 saturated carbocycles. The maximum atomic E-state index is 11.4. The summed E-state index contributed by atoms with van der Waals surface area (Å²) < 4.78 is 0. The SMILES string of the molecule is O=C1C=CC(=O)N1CCN1C(=O)C=C(S)C1=O. The average molecular weight is 252 g/mol. The molecule has 0 N–H and O–H groups in total. The topological polar surface area (TPSA) is 74.8 Å². The highest BCUT2D eigenvalue weighted by Crippen LogP contribution is 2.15. The molecule has 0 aromatic rings. The summed E-state index contributed by atoms with van der Waals surface area (Å²) in [4.78, 5) is 47.2. The van der Waals surface area contributed by atoms with Crippen molar-refractivity contribution in [2.24, 2.45) is 0 Å². The van der Waals surface area contributed by atoms with Gasteiger partial charge in [-0.15, -0.1) is 12.6 Å². The molecule has 0 atom stereocenters. The lowest BCUT2D eigenvalue weighted by Gasteiger charge is -2.18. The van der Waals surface area contributed by atoms with E-state index in [0.29, 0.717) is 0 Å². The van der Waals surface area contributed by atoms with Crippen molar-refractivity contribution in [1.29, 1.82) is 0 Å². The molecule has 2 aliphatic heterocycles. The first kappa shape index (κ1) is 11.6. The smallest absolute Gasteiger partial charge is 0.267 e. The van der Waals surface area contributed by atoms with Crippen LogP contribution in [0.15, 0.2) is 23.1 Å². The van der Waals surface area contributed by atoms with Crippen LogP contribution in [0.2, 0.25) is 0 Å². The fourth-order valence-electron chi connectivity index (χ4n) is 1.56. The van der Waals surface area contributed by atoms with Crippen molar-refractivity contribution in [3.8, 4) is 0 Å². The van der Waals surface area contributed by atoms with Crippen LogP contribution in [-0.2, 0) is 19.2 Å². The van der Waals surface area contributed by atoms with E-state index in [4.69, 9.17) is 0 Å². The summed E-state index contributed by atoms with van der Waals surface area (Å²) in [6, 6.07) is 0. The number of hydrogen-bond donors (Lipinski definition) is 1. The van der Waals surface area contributed by atoms with Gasteiger partial charge in [0.1, 0.15) is 0 Å². The van der Waals surface area contributed by atoms with Gasteiger partial charge in [-0.05, 0) is 0 Å². The van der Waals surface area contributed by atoms with Crippen molar-refractivity contribution in [1.82, 2.24) is 9.80 Å². The Labute approximate surface area is 102 Å². The summed E-state index contributed by atoms with van der Waals surface area (Å²) >= 11 is 3.83. The molecule has 7 heteroatoms. The second kappa shape index (κ2) is 4.17. The Bertz CT molecular complexity index is 477. The minimum atomic E-state index is -0.509. The maximum absolute atomic E-state index is 11.4. The molecule has 0 aromatic heterocycles. The van der Waals surface area contributed by atoms with E-state index in [2.05, 4.69) is 12.6 Å². The second-order valence-electron chi connectivity index (χ2n) is 3.49. The molecule has 4 amide bonds. The van der Waals surface area contributed by atoms with E-state index in [1.807, 2.05) is 0 Å². The Hall–Kier alpha value is -1.89. The Morgan fingerprint density at radius 1 is 0.882 bits per heavy atom. The monoisotopic (exact) mass is 252 g/mol. The number of imide groups is 2. The first-order valence-electron chi connectivity index (χ1n) is 4.81. The minimum absolute atomic E-state index is 0.00293. The molecule has 0 fully saturated rings. The molecule has 2 heterocycles. The molecule has 6 nitrogen and oxygen atoms in total. The third-order valence-corrected chi connectivity index (χ3v) is 2.76. The lowest BCUT2D eigenvalue weighted by atomic mass is 10.4. The van der Waals surface area contributed by atoms with Crippen LogP contribution in [0, 0.1) is 0 Å². The number of nitrogens with zero attached hydrogens (tertiary/aromatic N) is 2. The molecule has 88 valence electrons. The van der Waals surface area contributed by atoms with Crippen molar-refractivity contribution in [2.75, 3.05) is 13.1 Å². The minimum Gasteiger partial charge on any atom is -0.274 e. The summed E-state index contributed by atoms with van der Waals surface area (Å²) in [7, 11) is 0. The zero-order valence-corrected chi connectivity index (χ0v) is 9.52. The molecule has 0 unspecified atom stereocenters. The summed E-state index contributed by atoms with van der Waals surface area (Å²) in [6.45, 7) is -0.0194. The molecule has 0 spiro atoms. The highest BCUT2D eigenvalue weighted by Gasteiger charge is 2.31. The molecule has 0 bridgehead atoms. The third-order valence-electron chi connectivity index (χ3n) is 2.44. The molecular weight excluding hydrogens is 244 g/mol. The fourth-order valence-corrected chi connectivity index (χ4v) is 1.79. The van der Waals surface area contributed by atoms with E-state index < -0.39 is 23.6 Å². The quantitative estimate of drug-likeness (QED) is 0.521. The predicted molar refractivity (Wildman–Crippen MR) is 59.6 cm³/mol. The lowest BCUT2D eigenvalue weighted by molar-refractivity contribution is -0.142. The summed E-state index contributed by atoms with van der Waals surface area (Å²) in [5.74, 6) is -1.86. The Morgan fingerprint density at radius 3 is 1.88 bits per heavy atom. The van der Waals surface area contributed by atoms with Gasteiger partial charge in [0, 0.05) is 31.3 Å². The van der Waals surface area contributed by atoms with Gasteiger partial charge in [0.2, 0.25) is 0 Å². The second-order valence-corrected chi connectivity index (χ2v) is 3.97. The molecule has 2 aliphatic rings. The summed E-state index contributed by atoms with van der Waals surface area (Å²) in [6.07, 6.45) is 3.41. The van der Waals surface area contributed by atoms with Crippen molar-refractivity contribution in [3.63, 3.8) is 0 Å². The fraction of sp³-hybridized carbons (Fsp3) is 0.200. The molecule has 0 radical (unpaired) electrons. The Kier molecular flexibility index (Phi) is 2.84. The van der Waals surface area contributed by atoms with Crippen LogP contribution in [0.25, 0.3) is 0 Å². The van der Waals surface area contributed by atoms with Crippen LogP contribution in [0.3, 0.4) is 0 Å². The van der Waals surface area contributed by atoms with Crippen LogP contribution < -0.4 is 0 Å². The highest BCUT2D eigenvalue weighted by molar-refractivity contribution is 7.85. The number of thiol groups is 1. The highest BCUT2D eigenvalue weighted by atomic mass is 32.1. The first-order valence-corrected chi connectivity index (χ1v) is 5.25. The van der Waals surface area contributed by atoms with Gasteiger partial charge in [0.25, 0.3) is 23.6 Å². The van der Waals surface area contributed by atoms with E-state index in [0.717, 1.165) is 28.0 Å². The Morgan fingerprint density at radius 2 is 1.41 bits per heavy atom. The van der Waals surface area contributed by atoms with Crippen LogP contribution in [-0.4, -0.2) is 46.5 Å². The number of carbonyl (C=O) groups excluding carboxylic acids is 4. The zero-order chi connectivity index (χ0) is 12.6. The van der Waals surface area contributed by atoms with E-state index in [1.54, 1.807) is 0 Å². The van der Waals surface area contributed by atoms with Crippen molar-refractivity contribution in [3.05, 3.63) is 23.1 Å². The molecular formula is C10H8N2O4S. The lowest BCUT2D eigenvalue weighted by Crippen LogP contribution is -2.41. The predicted octanol–water partition coefficient (Wildman–Crippen LogP) is -0.906. The molecule has 17 heavy (non-hydrogen) atoms. The van der Waals surface area contributed by atoms with Gasteiger partial charge in [-0.2, -0.15) is 0 Å². The number of rotatable bonds is 3. The zero-order valence-electron chi connectivity index (χ0n) is 8.62. The van der Waals surface area contributed by atoms with Gasteiger partial charge in [-0.3, -0.25) is 29.0 Å². The van der Waals surface area contributed by atoms with E-state index in [9.17, 15) is 19.2 Å². The van der Waals surface area contributed by atoms with Gasteiger partial charge in [-0.1, -0.05) is 0 Å². The maximum Gasteiger partial charge on any atom is 0.267 e. The van der Waals surface area contributed by atoms with Crippen molar-refractivity contribution in [2.45, 2.75) is 0 Å². The van der Waals surface area contributed by atoms with E-state index >= 15 is 0 Å². The summed E-state index contributed by atoms with van der Waals surface area (Å²) in [5, 5.41) is 0. The number of amides is 4. The van der Waals surface area contributed by atoms with E-state index in [1.165, 1.54) is 0 Å². The van der Waals surface area contributed by atoms with Crippen molar-refractivity contribution >= 4 is 36.3 Å². The largest absolute Gasteiger partial charge is 0.274 e. The first-order chi connectivity index (χ1) is 8.00. The third kappa shape index (κ3) is 2.01. The van der Waals surface area contributed by atoms with Crippen LogP contribution >= 0.6 is 12.6 Å². The van der Waals surface area contributed by atoms with Gasteiger partial charge >= 0.3 is 0 Å². The Balaban J connectivity index is 1.96. The van der Waals surface area contributed by atoms with Crippen LogP contribution in [0.5, 0.6) is 0 Å². The van der Waals surface area contributed by atoms with Gasteiger partial charge in [0.15, 0.2) is 0 Å². The number of carbonyl (C=O) groups is 4. The molecule has 0 aliphatic carbocycles. The van der Waals surface area contributed by atoms with E-state index in [-0.39, 0.29) is 18.0 Å². The van der Waals surface area contributed by atoms with Gasteiger partial charge in [0.05, 0.1) is 4.91 Å². The molecule has 0 aromatic carbocycles. The molecule has 0 saturated heterocycles. The van der Waals surface area contributed by atoms with Gasteiger partial charge < -0.3 is 0 Å². The number of hydrogen-bond acceptors (Lipinski definition) is 5. The molecule has 2 rings (SSSR count). The average Bonchev–Trinajstić information content (AvgIpc) is 2.70. The van der Waals surface area contributed by atoms with Crippen molar-refractivity contribution < 1.29 is 19.2 Å². The standard InChI is InChI=1S/C10H8N2O4S/c13-7-1-2-8(14)11(7)3-4-12-9(15)5-6(17)10(12)16/h1-2,5,17H,3-4H2. The van der Waals surface area contributed by atoms with Gasteiger partial charge in [-0.25, -0.2) is 0 Å². The summed E-state index contributed by atoms with van der Waals surface area (Å²) in [5.41, 5.74) is 0. The normalized spacial score (nSPS) is 19.7. The van der Waals surface area contributed by atoms with Crippen LogP contribution in [0.4, 0.5) is 0 Å². The van der Waals surface area contributed by atoms with Crippen LogP contribution in [0.1, 0.15) is 0 Å².